The van der Waals surface area contributed by atoms with Crippen LogP contribution in [-0.2, 0) is 4.79 Å². The van der Waals surface area contributed by atoms with Crippen LogP contribution in [0.2, 0.25) is 0 Å². The molecule has 0 unspecified atom stereocenters. The maximum absolute atomic E-state index is 11.2. The number of primary amides is 1. The third-order valence-electron chi connectivity index (χ3n) is 3.23. The Morgan fingerprint density at radius 2 is 2.22 bits per heavy atom. The number of carbonyl (C=O) groups excluding carboxylic acids is 1. The molecule has 0 aliphatic heterocycles. The van der Waals surface area contributed by atoms with E-state index >= 15 is 0 Å². The Bertz CT molecular complexity index is 474. The van der Waals surface area contributed by atoms with E-state index in [1.54, 1.807) is 12.1 Å². The monoisotopic (exact) mass is 244 g/mol. The molecule has 2 rings (SSSR count). The topological polar surface area (TPSA) is 83.0 Å². The molecule has 1 amide bonds. The number of nitriles is 1. The fraction of sp³-hybridized carbons (Fsp3) is 0.462. The molecular weight excluding hydrogens is 228 g/mol. The second-order valence-electron chi connectivity index (χ2n) is 4.53. The second-order valence-corrected chi connectivity index (χ2v) is 4.53. The molecule has 94 valence electrons. The first-order valence-corrected chi connectivity index (χ1v) is 6.13. The molecule has 1 saturated carbocycles. The third-order valence-corrected chi connectivity index (χ3v) is 3.23. The first-order valence-electron chi connectivity index (χ1n) is 6.13. The zero-order valence-electron chi connectivity index (χ0n) is 10.2. The Kier molecular flexibility index (Phi) is 3.78. The molecule has 1 fully saturated rings. The highest BCUT2D eigenvalue weighted by molar-refractivity contribution is 5.79. The van der Waals surface area contributed by atoms with Gasteiger partial charge in [-0.3, -0.25) is 4.79 Å². The normalized spacial score (nSPS) is 15.3. The lowest BCUT2D eigenvalue weighted by molar-refractivity contribution is -0.116. The van der Waals surface area contributed by atoms with E-state index in [4.69, 9.17) is 11.0 Å². The molecule has 18 heavy (non-hydrogen) atoms. The summed E-state index contributed by atoms with van der Waals surface area (Å²) in [5.74, 6) is 0.297. The number of hydrogen-bond acceptors (Lipinski definition) is 4. The second kappa shape index (κ2) is 5.50. The van der Waals surface area contributed by atoms with Crippen LogP contribution in [-0.4, -0.2) is 23.5 Å². The molecule has 1 aliphatic carbocycles. The van der Waals surface area contributed by atoms with Crippen molar-refractivity contribution in [3.8, 4) is 6.07 Å². The van der Waals surface area contributed by atoms with Gasteiger partial charge in [0.2, 0.25) is 5.91 Å². The van der Waals surface area contributed by atoms with Crippen LogP contribution >= 0.6 is 0 Å². The summed E-state index contributed by atoms with van der Waals surface area (Å²) in [6.07, 6.45) is 4.42. The first-order chi connectivity index (χ1) is 8.70. The van der Waals surface area contributed by atoms with E-state index in [2.05, 4.69) is 4.98 Å². The summed E-state index contributed by atoms with van der Waals surface area (Å²) in [6, 6.07) is 7.57. The maximum atomic E-state index is 11.2. The number of amides is 1. The predicted molar refractivity (Wildman–Crippen MR) is 67.7 cm³/mol. The molecule has 5 nitrogen and oxygen atoms in total. The fourth-order valence-corrected chi connectivity index (χ4v) is 2.43. The standard InChI is InChI=1S/C13H16N4O/c14-8-10-4-3-7-13(16-10)17(9-12(15)18)11-5-1-2-6-11/h3-4,7,11H,1-2,5-6,9H2,(H2,15,18). The van der Waals surface area contributed by atoms with E-state index < -0.39 is 0 Å². The fourth-order valence-electron chi connectivity index (χ4n) is 2.43. The molecule has 0 aromatic carbocycles. The molecule has 0 saturated heterocycles. The molecule has 5 heteroatoms. The van der Waals surface area contributed by atoms with Gasteiger partial charge >= 0.3 is 0 Å². The van der Waals surface area contributed by atoms with Crippen molar-refractivity contribution in [3.63, 3.8) is 0 Å². The van der Waals surface area contributed by atoms with Crippen molar-refractivity contribution < 1.29 is 4.79 Å². The summed E-state index contributed by atoms with van der Waals surface area (Å²) in [6.45, 7) is 0.159. The van der Waals surface area contributed by atoms with Gasteiger partial charge in [0, 0.05) is 6.04 Å². The minimum absolute atomic E-state index is 0.159. The smallest absolute Gasteiger partial charge is 0.237 e. The van der Waals surface area contributed by atoms with E-state index in [0.29, 0.717) is 17.6 Å². The highest BCUT2D eigenvalue weighted by Crippen LogP contribution is 2.26. The summed E-state index contributed by atoms with van der Waals surface area (Å²) in [5.41, 5.74) is 5.66. The summed E-state index contributed by atoms with van der Waals surface area (Å²) in [4.78, 5) is 17.4. The first kappa shape index (κ1) is 12.4. The van der Waals surface area contributed by atoms with Crippen LogP contribution in [0.5, 0.6) is 0 Å². The zero-order chi connectivity index (χ0) is 13.0. The van der Waals surface area contributed by atoms with E-state index in [1.165, 1.54) is 0 Å². The summed E-state index contributed by atoms with van der Waals surface area (Å²) < 4.78 is 0. The van der Waals surface area contributed by atoms with Crippen LogP contribution in [0.25, 0.3) is 0 Å². The van der Waals surface area contributed by atoms with Crippen molar-refractivity contribution in [1.82, 2.24) is 4.98 Å². The molecule has 0 atom stereocenters. The number of carbonyl (C=O) groups is 1. The third kappa shape index (κ3) is 2.77. The van der Waals surface area contributed by atoms with Crippen LogP contribution in [0, 0.1) is 11.3 Å². The van der Waals surface area contributed by atoms with Gasteiger partial charge in [-0.25, -0.2) is 4.98 Å². The molecule has 1 heterocycles. The van der Waals surface area contributed by atoms with Gasteiger partial charge in [0.1, 0.15) is 17.6 Å². The van der Waals surface area contributed by atoms with Gasteiger partial charge < -0.3 is 10.6 Å². The number of nitrogens with two attached hydrogens (primary N) is 1. The molecule has 0 spiro atoms. The Labute approximate surface area is 106 Å². The number of nitrogens with zero attached hydrogens (tertiary/aromatic N) is 3. The summed E-state index contributed by atoms with van der Waals surface area (Å²) in [5, 5.41) is 8.87. The van der Waals surface area contributed by atoms with E-state index in [-0.39, 0.29) is 12.5 Å². The highest BCUT2D eigenvalue weighted by Gasteiger charge is 2.24. The van der Waals surface area contributed by atoms with Crippen molar-refractivity contribution in [1.29, 1.82) is 5.26 Å². The number of hydrogen-bond donors (Lipinski definition) is 1. The predicted octanol–water partition coefficient (Wildman–Crippen LogP) is 1.19. The number of aromatic nitrogens is 1. The van der Waals surface area contributed by atoms with Crippen molar-refractivity contribution >= 4 is 11.7 Å². The van der Waals surface area contributed by atoms with Crippen molar-refractivity contribution in [3.05, 3.63) is 23.9 Å². The van der Waals surface area contributed by atoms with Gasteiger partial charge in [-0.05, 0) is 25.0 Å². The van der Waals surface area contributed by atoms with Crippen LogP contribution in [0.4, 0.5) is 5.82 Å². The Morgan fingerprint density at radius 1 is 1.50 bits per heavy atom. The molecule has 1 aromatic heterocycles. The molecule has 1 aliphatic rings. The molecule has 0 radical (unpaired) electrons. The van der Waals surface area contributed by atoms with E-state index in [0.717, 1.165) is 25.7 Å². The highest BCUT2D eigenvalue weighted by atomic mass is 16.1. The van der Waals surface area contributed by atoms with Crippen LogP contribution < -0.4 is 10.6 Å². The van der Waals surface area contributed by atoms with Crippen LogP contribution in [0.3, 0.4) is 0 Å². The van der Waals surface area contributed by atoms with Gasteiger partial charge in [-0.15, -0.1) is 0 Å². The van der Waals surface area contributed by atoms with Gasteiger partial charge in [0.05, 0.1) is 6.54 Å². The maximum Gasteiger partial charge on any atom is 0.237 e. The van der Waals surface area contributed by atoms with Gasteiger partial charge in [0.25, 0.3) is 0 Å². The van der Waals surface area contributed by atoms with Gasteiger partial charge in [0.15, 0.2) is 0 Å². The molecule has 0 bridgehead atoms. The van der Waals surface area contributed by atoms with E-state index in [9.17, 15) is 4.79 Å². The van der Waals surface area contributed by atoms with Crippen molar-refractivity contribution in [2.24, 2.45) is 5.73 Å². The zero-order valence-corrected chi connectivity index (χ0v) is 10.2. The molecule has 1 aromatic rings. The van der Waals surface area contributed by atoms with Gasteiger partial charge in [-0.2, -0.15) is 5.26 Å². The largest absolute Gasteiger partial charge is 0.368 e. The minimum atomic E-state index is -0.369. The molecule has 2 N–H and O–H groups in total. The number of rotatable bonds is 4. The van der Waals surface area contributed by atoms with Gasteiger partial charge in [-0.1, -0.05) is 18.9 Å². The summed E-state index contributed by atoms with van der Waals surface area (Å²) >= 11 is 0. The van der Waals surface area contributed by atoms with Crippen LogP contribution in [0.1, 0.15) is 31.4 Å². The quantitative estimate of drug-likeness (QED) is 0.862. The van der Waals surface area contributed by atoms with E-state index in [1.807, 2.05) is 17.0 Å². The minimum Gasteiger partial charge on any atom is -0.368 e. The van der Waals surface area contributed by atoms with Crippen LogP contribution in [0.15, 0.2) is 18.2 Å². The molecular formula is C13H16N4O. The average molecular weight is 244 g/mol. The lowest BCUT2D eigenvalue weighted by Crippen LogP contribution is -2.40. The Morgan fingerprint density at radius 3 is 2.83 bits per heavy atom. The SMILES string of the molecule is N#Cc1cccc(N(CC(N)=O)C2CCCC2)n1. The lowest BCUT2D eigenvalue weighted by atomic mass is 10.2. The average Bonchev–Trinajstić information content (AvgIpc) is 2.89. The summed E-state index contributed by atoms with van der Waals surface area (Å²) in [7, 11) is 0. The number of anilines is 1. The Balaban J connectivity index is 2.26. The van der Waals surface area contributed by atoms with Crippen molar-refractivity contribution in [2.45, 2.75) is 31.7 Å². The number of pyridine rings is 1. The lowest BCUT2D eigenvalue weighted by Gasteiger charge is -2.28. The Hall–Kier alpha value is -2.09. The van der Waals surface area contributed by atoms with Crippen molar-refractivity contribution in [2.75, 3.05) is 11.4 Å².